The van der Waals surface area contributed by atoms with Crippen LogP contribution in [-0.4, -0.2) is 89.2 Å². The molecule has 12 nitrogen and oxygen atoms in total. The monoisotopic (exact) mass is 509 g/mol. The van der Waals surface area contributed by atoms with E-state index in [1.54, 1.807) is 0 Å². The lowest BCUT2D eigenvalue weighted by Crippen LogP contribution is -2.76. The molecule has 0 aliphatic carbocycles. The molecule has 0 saturated heterocycles. The molecule has 0 spiro atoms. The van der Waals surface area contributed by atoms with Crippen LogP contribution in [0.5, 0.6) is 0 Å². The van der Waals surface area contributed by atoms with Crippen LogP contribution in [0.3, 0.4) is 0 Å². The zero-order valence-electron chi connectivity index (χ0n) is 16.7. The van der Waals surface area contributed by atoms with Crippen LogP contribution in [0.15, 0.2) is 0 Å². The van der Waals surface area contributed by atoms with Crippen LogP contribution >= 0.6 is 34.8 Å². The maximum absolute atomic E-state index is 12.3. The van der Waals surface area contributed by atoms with Crippen LogP contribution in [0.2, 0.25) is 0 Å². The molecule has 0 aromatic rings. The van der Waals surface area contributed by atoms with Gasteiger partial charge >= 0.3 is 5.97 Å². The molecule has 6 N–H and O–H groups in total. The van der Waals surface area contributed by atoms with Gasteiger partial charge < -0.3 is 30.9 Å². The third-order valence-electron chi connectivity index (χ3n) is 3.76. The molecule has 0 fully saturated rings. The van der Waals surface area contributed by atoms with Crippen molar-refractivity contribution in [2.24, 2.45) is 5.73 Å². The number of halogens is 3. The Morgan fingerprint density at radius 3 is 1.52 bits per heavy atom. The quantitative estimate of drug-likeness (QED) is 0.0979. The Morgan fingerprint density at radius 2 is 1.32 bits per heavy atom. The van der Waals surface area contributed by atoms with Crippen LogP contribution < -0.4 is 5.73 Å². The Balaban J connectivity index is 0. The van der Waals surface area contributed by atoms with Gasteiger partial charge in [-0.2, -0.15) is 0 Å². The molecule has 0 aliphatic rings. The normalized spacial score (nSPS) is 16.9. The maximum atomic E-state index is 12.3. The molecule has 0 heterocycles. The van der Waals surface area contributed by atoms with Gasteiger partial charge in [0.05, 0.1) is 6.61 Å². The lowest BCUT2D eigenvalue weighted by Gasteiger charge is -2.44. The van der Waals surface area contributed by atoms with E-state index in [-0.39, 0.29) is 0 Å². The first-order valence-corrected chi connectivity index (χ1v) is 9.21. The van der Waals surface area contributed by atoms with Crippen molar-refractivity contribution >= 4 is 69.8 Å². The molecule has 0 radical (unpaired) electrons. The van der Waals surface area contributed by atoms with E-state index < -0.39 is 68.8 Å². The van der Waals surface area contributed by atoms with Gasteiger partial charge in [0, 0.05) is 13.8 Å². The summed E-state index contributed by atoms with van der Waals surface area (Å²) in [6.07, 6.45) is -4.81. The van der Waals surface area contributed by atoms with Gasteiger partial charge in [0.25, 0.3) is 21.1 Å². The predicted octanol–water partition coefficient (Wildman–Crippen LogP) is -2.09. The minimum absolute atomic E-state index is 0.641. The summed E-state index contributed by atoms with van der Waals surface area (Å²) >= 11 is 14.8. The highest BCUT2D eigenvalue weighted by Crippen LogP contribution is 2.35. The van der Waals surface area contributed by atoms with E-state index in [0.717, 1.165) is 6.92 Å². The minimum atomic E-state index is -3.50. The first-order valence-electron chi connectivity index (χ1n) is 8.08. The zero-order chi connectivity index (χ0) is 25.5. The fourth-order valence-corrected chi connectivity index (χ4v) is 2.30. The Hall–Kier alpha value is -1.67. The van der Waals surface area contributed by atoms with Crippen LogP contribution in [0, 0.1) is 0 Å². The number of aliphatic hydroxyl groups excluding tert-OH is 3. The molecule has 4 atom stereocenters. The van der Waals surface area contributed by atoms with Gasteiger partial charge in [0.15, 0.2) is 17.3 Å². The van der Waals surface area contributed by atoms with E-state index in [1.165, 1.54) is 0 Å². The standard InChI is InChI=1S/C14H20O10.C2H2Cl3NO/c1-6(16)11(21)14(8(3)18,24-9(4)19)13(23,7(2)17)12(22)10(20)5-15;3-2(4,5)1(6)7/h10,12,15,20,22-23H,5H2,1-4H3;(H2,6,7)/t10?,12?,13?,14-;/m0./s1. The Morgan fingerprint density at radius 1 is 0.935 bits per heavy atom. The van der Waals surface area contributed by atoms with E-state index in [2.05, 4.69) is 10.5 Å². The number of carbonyl (C=O) groups is 6. The molecule has 0 aliphatic heterocycles. The third-order valence-corrected chi connectivity index (χ3v) is 4.32. The van der Waals surface area contributed by atoms with E-state index in [4.69, 9.17) is 39.9 Å². The number of rotatable bonds is 9. The highest BCUT2D eigenvalue weighted by Gasteiger charge is 2.70. The first kappa shape index (κ1) is 31.5. The second kappa shape index (κ2) is 11.8. The smallest absolute Gasteiger partial charge is 0.304 e. The number of Topliss-reactive ketones (excluding diaryl/α,β-unsaturated/α-hetero) is 4. The second-order valence-electron chi connectivity index (χ2n) is 6.10. The summed E-state index contributed by atoms with van der Waals surface area (Å²) in [7, 11) is 0. The molecular weight excluding hydrogens is 489 g/mol. The number of nitrogens with two attached hydrogens (primary N) is 1. The van der Waals surface area contributed by atoms with Crippen molar-refractivity contribution in [3.8, 4) is 0 Å². The van der Waals surface area contributed by atoms with Gasteiger partial charge in [-0.15, -0.1) is 0 Å². The largest absolute Gasteiger partial charge is 0.439 e. The van der Waals surface area contributed by atoms with Crippen molar-refractivity contribution in [1.82, 2.24) is 0 Å². The number of amides is 1. The Kier molecular flexibility index (Phi) is 12.0. The van der Waals surface area contributed by atoms with Crippen LogP contribution in [-0.2, 0) is 33.5 Å². The number of hydrogen-bond donors (Lipinski definition) is 5. The third kappa shape index (κ3) is 7.17. The van der Waals surface area contributed by atoms with Gasteiger partial charge in [0.2, 0.25) is 5.60 Å². The van der Waals surface area contributed by atoms with Crippen LogP contribution in [0.25, 0.3) is 0 Å². The summed E-state index contributed by atoms with van der Waals surface area (Å²) in [4.78, 5) is 69.1. The number of hydrogen-bond acceptors (Lipinski definition) is 11. The molecule has 31 heavy (non-hydrogen) atoms. The SMILES string of the molecule is CC(=O)O[C@@](C(C)=O)(C(=O)C(C)=O)C(O)(C(C)=O)C(O)C(O)CO.NC(=O)C(Cl)(Cl)Cl. The molecule has 0 rings (SSSR count). The molecule has 178 valence electrons. The topological polar surface area (TPSA) is 219 Å². The van der Waals surface area contributed by atoms with E-state index in [9.17, 15) is 44.1 Å². The van der Waals surface area contributed by atoms with Crippen molar-refractivity contribution in [2.45, 2.75) is 54.9 Å². The Bertz CT molecular complexity index is 752. The highest BCUT2D eigenvalue weighted by molar-refractivity contribution is 6.76. The van der Waals surface area contributed by atoms with Gasteiger partial charge in [-0.1, -0.05) is 34.8 Å². The number of primary amides is 1. The lowest BCUT2D eigenvalue weighted by atomic mass is 9.69. The first-order chi connectivity index (χ1) is 13.7. The van der Waals surface area contributed by atoms with Gasteiger partial charge in [-0.25, -0.2) is 0 Å². The average Bonchev–Trinajstić information content (AvgIpc) is 2.62. The summed E-state index contributed by atoms with van der Waals surface area (Å²) in [5.74, 6) is -8.28. The molecule has 0 aromatic carbocycles. The van der Waals surface area contributed by atoms with Crippen molar-refractivity contribution in [3.05, 3.63) is 0 Å². The fourth-order valence-electron chi connectivity index (χ4n) is 2.30. The molecule has 0 saturated carbocycles. The number of aliphatic hydroxyl groups is 4. The molecule has 3 unspecified atom stereocenters. The molecule has 0 aromatic heterocycles. The summed E-state index contributed by atoms with van der Waals surface area (Å²) < 4.78 is 2.64. The average molecular weight is 511 g/mol. The number of alkyl halides is 3. The number of ether oxygens (including phenoxy) is 1. The van der Waals surface area contributed by atoms with Crippen molar-refractivity contribution in [2.75, 3.05) is 6.61 Å². The lowest BCUT2D eigenvalue weighted by molar-refractivity contribution is -0.226. The number of ketones is 4. The summed E-state index contributed by atoms with van der Waals surface area (Å²) in [5.41, 5.74) is -2.38. The van der Waals surface area contributed by atoms with Crippen molar-refractivity contribution in [1.29, 1.82) is 0 Å². The van der Waals surface area contributed by atoms with Crippen LogP contribution in [0.4, 0.5) is 0 Å². The van der Waals surface area contributed by atoms with E-state index in [1.807, 2.05) is 0 Å². The molecule has 0 bridgehead atoms. The molecular formula is C16H22Cl3NO11. The Labute approximate surface area is 191 Å². The fraction of sp³-hybridized carbons (Fsp3) is 0.625. The second-order valence-corrected chi connectivity index (χ2v) is 8.38. The van der Waals surface area contributed by atoms with Crippen molar-refractivity contribution in [3.63, 3.8) is 0 Å². The highest BCUT2D eigenvalue weighted by atomic mass is 35.6. The van der Waals surface area contributed by atoms with Crippen LogP contribution in [0.1, 0.15) is 27.7 Å². The number of esters is 1. The predicted molar refractivity (Wildman–Crippen MR) is 105 cm³/mol. The summed E-state index contributed by atoms with van der Waals surface area (Å²) in [5, 5.41) is 39.2. The zero-order valence-corrected chi connectivity index (χ0v) is 19.0. The molecule has 1 amide bonds. The van der Waals surface area contributed by atoms with Gasteiger partial charge in [0.1, 0.15) is 12.2 Å². The molecule has 15 heteroatoms. The maximum Gasteiger partial charge on any atom is 0.304 e. The van der Waals surface area contributed by atoms with E-state index >= 15 is 0 Å². The van der Waals surface area contributed by atoms with Gasteiger partial charge in [-0.3, -0.25) is 28.8 Å². The van der Waals surface area contributed by atoms with E-state index in [0.29, 0.717) is 20.8 Å². The van der Waals surface area contributed by atoms with Gasteiger partial charge in [-0.05, 0) is 13.8 Å². The summed E-state index contributed by atoms with van der Waals surface area (Å²) in [6.45, 7) is 1.55. The number of carbonyl (C=O) groups excluding carboxylic acids is 6. The minimum Gasteiger partial charge on any atom is -0.439 e. The summed E-state index contributed by atoms with van der Waals surface area (Å²) in [6, 6.07) is 0. The van der Waals surface area contributed by atoms with Crippen molar-refractivity contribution < 1.29 is 53.9 Å².